The molecule has 0 aliphatic heterocycles. The summed E-state index contributed by atoms with van der Waals surface area (Å²) in [5, 5.41) is 0. The molecule has 0 radical (unpaired) electrons. The molecule has 0 aliphatic carbocycles. The Bertz CT molecular complexity index is 776. The quantitative estimate of drug-likeness (QED) is 0.872. The van der Waals surface area contributed by atoms with Crippen molar-refractivity contribution in [3.63, 3.8) is 0 Å². The lowest BCUT2D eigenvalue weighted by Crippen LogP contribution is -2.39. The zero-order chi connectivity index (χ0) is 14.9. The summed E-state index contributed by atoms with van der Waals surface area (Å²) in [6.45, 7) is 3.03. The van der Waals surface area contributed by atoms with Crippen LogP contribution in [0.1, 0.15) is 35.8 Å². The molecule has 5 nitrogen and oxygen atoms in total. The lowest BCUT2D eigenvalue weighted by atomic mass is 10.1. The van der Waals surface area contributed by atoms with Gasteiger partial charge in [0, 0.05) is 10.7 Å². The van der Waals surface area contributed by atoms with Gasteiger partial charge in [-0.2, -0.15) is 0 Å². The number of carbonyl (C=O) groups is 1. The van der Waals surface area contributed by atoms with E-state index in [0.717, 1.165) is 20.8 Å². The number of rotatable bonds is 3. The summed E-state index contributed by atoms with van der Waals surface area (Å²) in [6.07, 6.45) is 1.16. The van der Waals surface area contributed by atoms with E-state index in [1.165, 1.54) is 6.92 Å². The second-order valence-electron chi connectivity index (χ2n) is 4.47. The minimum absolute atomic E-state index is 0.0218. The molecule has 0 saturated heterocycles. The van der Waals surface area contributed by atoms with Crippen molar-refractivity contribution in [1.29, 1.82) is 0 Å². The van der Waals surface area contributed by atoms with Crippen LogP contribution in [0, 0.1) is 0 Å². The predicted molar refractivity (Wildman–Crippen MR) is 79.3 cm³/mol. The third-order valence-electron chi connectivity index (χ3n) is 3.11. The number of aromatic nitrogens is 2. The molecule has 2 rings (SSSR count). The minimum atomic E-state index is -0.575. The molecule has 2 aromatic rings. The highest BCUT2D eigenvalue weighted by atomic mass is 79.9. The Balaban J connectivity index is 2.63. The van der Waals surface area contributed by atoms with Crippen molar-refractivity contribution in [2.45, 2.75) is 19.9 Å². The number of carbonyl (C=O) groups excluding carboxylic acids is 1. The monoisotopic (exact) mass is 336 g/mol. The highest BCUT2D eigenvalue weighted by molar-refractivity contribution is 9.10. The Morgan fingerprint density at radius 3 is 2.65 bits per heavy atom. The fraction of sp³-hybridized carbons (Fsp3) is 0.214. The molecule has 1 aromatic carbocycles. The first-order chi connectivity index (χ1) is 9.41. The molecule has 104 valence electrons. The van der Waals surface area contributed by atoms with Gasteiger partial charge in [-0.3, -0.25) is 14.2 Å². The molecular weight excluding hydrogens is 324 g/mol. The van der Waals surface area contributed by atoms with E-state index in [1.807, 2.05) is 24.3 Å². The van der Waals surface area contributed by atoms with E-state index < -0.39 is 17.3 Å². The number of hydrogen-bond donors (Lipinski definition) is 1. The van der Waals surface area contributed by atoms with Crippen LogP contribution >= 0.6 is 15.9 Å². The molecule has 0 spiro atoms. The molecule has 1 unspecified atom stereocenters. The van der Waals surface area contributed by atoms with Crippen LogP contribution in [0.2, 0.25) is 0 Å². The van der Waals surface area contributed by atoms with Crippen molar-refractivity contribution in [3.05, 3.63) is 66.9 Å². The number of Topliss-reactive ketones (excluding diaryl/α,β-unsaturated/α-hetero) is 1. The Hall–Kier alpha value is -1.95. The van der Waals surface area contributed by atoms with Crippen LogP contribution in [-0.2, 0) is 0 Å². The van der Waals surface area contributed by atoms with E-state index >= 15 is 0 Å². The zero-order valence-electron chi connectivity index (χ0n) is 11.0. The van der Waals surface area contributed by atoms with Gasteiger partial charge >= 0.3 is 5.69 Å². The van der Waals surface area contributed by atoms with Gasteiger partial charge in [-0.05, 0) is 31.5 Å². The molecule has 1 N–H and O–H groups in total. The number of halogens is 1. The molecule has 6 heteroatoms. The van der Waals surface area contributed by atoms with E-state index in [9.17, 15) is 14.4 Å². The zero-order valence-corrected chi connectivity index (χ0v) is 12.6. The summed E-state index contributed by atoms with van der Waals surface area (Å²) in [7, 11) is 0. The number of H-pyrrole nitrogens is 1. The summed E-state index contributed by atoms with van der Waals surface area (Å²) in [5.74, 6) is -0.374. The van der Waals surface area contributed by atoms with Gasteiger partial charge in [-0.15, -0.1) is 0 Å². The van der Waals surface area contributed by atoms with Gasteiger partial charge in [-0.1, -0.05) is 28.1 Å². The maximum atomic E-state index is 12.2. The summed E-state index contributed by atoms with van der Waals surface area (Å²) in [4.78, 5) is 38.0. The number of aromatic amines is 1. The minimum Gasteiger partial charge on any atom is -0.313 e. The smallest absolute Gasteiger partial charge is 0.313 e. The van der Waals surface area contributed by atoms with E-state index in [4.69, 9.17) is 0 Å². The first kappa shape index (κ1) is 14.5. The predicted octanol–water partition coefficient (Wildman–Crippen LogP) is 2.11. The van der Waals surface area contributed by atoms with Crippen LogP contribution in [0.3, 0.4) is 0 Å². The van der Waals surface area contributed by atoms with Crippen LogP contribution in [0.15, 0.2) is 44.5 Å². The van der Waals surface area contributed by atoms with Crippen molar-refractivity contribution in [2.75, 3.05) is 0 Å². The molecule has 0 saturated carbocycles. The second-order valence-corrected chi connectivity index (χ2v) is 5.39. The number of hydrogen-bond acceptors (Lipinski definition) is 3. The molecule has 1 aromatic heterocycles. The van der Waals surface area contributed by atoms with Crippen molar-refractivity contribution in [3.8, 4) is 0 Å². The highest BCUT2D eigenvalue weighted by Gasteiger charge is 2.17. The van der Waals surface area contributed by atoms with Crippen molar-refractivity contribution < 1.29 is 4.79 Å². The first-order valence-electron chi connectivity index (χ1n) is 6.02. The van der Waals surface area contributed by atoms with Gasteiger partial charge in [-0.25, -0.2) is 4.79 Å². The Morgan fingerprint density at radius 1 is 1.35 bits per heavy atom. The number of nitrogens with zero attached hydrogens (tertiary/aromatic N) is 1. The molecule has 1 atom stereocenters. The first-order valence-corrected chi connectivity index (χ1v) is 6.81. The molecule has 1 heterocycles. The standard InChI is InChI=1S/C14H13BrN2O3/c1-8(10-4-3-5-11(15)6-10)17-13(19)12(9(2)18)7-16-14(17)20/h3-8H,1-2H3,(H,16,20). The fourth-order valence-corrected chi connectivity index (χ4v) is 2.42. The van der Waals surface area contributed by atoms with Gasteiger partial charge in [0.05, 0.1) is 11.6 Å². The summed E-state index contributed by atoms with van der Waals surface area (Å²) in [5.41, 5.74) is -0.333. The third kappa shape index (κ3) is 2.65. The summed E-state index contributed by atoms with van der Waals surface area (Å²) in [6, 6.07) is 6.86. The van der Waals surface area contributed by atoms with E-state index in [2.05, 4.69) is 20.9 Å². The normalized spacial score (nSPS) is 12.2. The number of ketones is 1. The molecule has 0 amide bonds. The number of benzene rings is 1. The number of nitrogens with one attached hydrogen (secondary N) is 1. The average Bonchev–Trinajstić information content (AvgIpc) is 2.38. The highest BCUT2D eigenvalue weighted by Crippen LogP contribution is 2.19. The lowest BCUT2D eigenvalue weighted by Gasteiger charge is -2.15. The van der Waals surface area contributed by atoms with Gasteiger partial charge in [0.25, 0.3) is 5.56 Å². The van der Waals surface area contributed by atoms with Crippen molar-refractivity contribution >= 4 is 21.7 Å². The van der Waals surface area contributed by atoms with Crippen LogP contribution in [-0.4, -0.2) is 15.3 Å². The van der Waals surface area contributed by atoms with Gasteiger partial charge in [0.2, 0.25) is 0 Å². The van der Waals surface area contributed by atoms with E-state index in [1.54, 1.807) is 6.92 Å². The molecule has 0 bridgehead atoms. The second kappa shape index (κ2) is 5.58. The van der Waals surface area contributed by atoms with Gasteiger partial charge in [0.1, 0.15) is 0 Å². The van der Waals surface area contributed by atoms with E-state index in [-0.39, 0.29) is 11.3 Å². The molecule has 0 aliphatic rings. The van der Waals surface area contributed by atoms with Crippen LogP contribution in [0.4, 0.5) is 0 Å². The lowest BCUT2D eigenvalue weighted by molar-refractivity contribution is 0.101. The van der Waals surface area contributed by atoms with Crippen molar-refractivity contribution in [1.82, 2.24) is 9.55 Å². The molecule has 20 heavy (non-hydrogen) atoms. The SMILES string of the molecule is CC(=O)c1c[nH]c(=O)n(C(C)c2cccc(Br)c2)c1=O. The largest absolute Gasteiger partial charge is 0.328 e. The van der Waals surface area contributed by atoms with Crippen LogP contribution < -0.4 is 11.2 Å². The van der Waals surface area contributed by atoms with E-state index in [0.29, 0.717) is 0 Å². The van der Waals surface area contributed by atoms with Gasteiger partial charge < -0.3 is 4.98 Å². The Morgan fingerprint density at radius 2 is 2.05 bits per heavy atom. The van der Waals surface area contributed by atoms with Crippen LogP contribution in [0.25, 0.3) is 0 Å². The topological polar surface area (TPSA) is 71.9 Å². The Kier molecular flexibility index (Phi) is 4.04. The van der Waals surface area contributed by atoms with Crippen molar-refractivity contribution in [2.24, 2.45) is 0 Å². The third-order valence-corrected chi connectivity index (χ3v) is 3.60. The Labute approximate surface area is 123 Å². The summed E-state index contributed by atoms with van der Waals surface area (Å²) < 4.78 is 1.91. The fourth-order valence-electron chi connectivity index (χ4n) is 2.01. The maximum absolute atomic E-state index is 12.2. The average molecular weight is 337 g/mol. The van der Waals surface area contributed by atoms with Gasteiger partial charge in [0.15, 0.2) is 5.78 Å². The van der Waals surface area contributed by atoms with Crippen LogP contribution in [0.5, 0.6) is 0 Å². The maximum Gasteiger partial charge on any atom is 0.328 e. The molecule has 0 fully saturated rings. The molecular formula is C14H13BrN2O3. The summed E-state index contributed by atoms with van der Waals surface area (Å²) >= 11 is 3.35.